The third-order valence-electron chi connectivity index (χ3n) is 6.14. The maximum atomic E-state index is 14.6. The van der Waals surface area contributed by atoms with Gasteiger partial charge in [-0.1, -0.05) is 0 Å². The Morgan fingerprint density at radius 3 is 2.83 bits per heavy atom. The van der Waals surface area contributed by atoms with Gasteiger partial charge in [-0.05, 0) is 37.8 Å². The van der Waals surface area contributed by atoms with Crippen LogP contribution in [-0.2, 0) is 7.05 Å². The number of rotatable bonds is 5. The smallest absolute Gasteiger partial charge is 0.271 e. The van der Waals surface area contributed by atoms with Gasteiger partial charge in [-0.3, -0.25) is 4.79 Å². The maximum Gasteiger partial charge on any atom is 0.271 e. The average Bonchev–Trinajstić information content (AvgIpc) is 3.47. The van der Waals surface area contributed by atoms with Crippen molar-refractivity contribution >= 4 is 22.6 Å². The molecule has 1 amide bonds. The van der Waals surface area contributed by atoms with Gasteiger partial charge in [0.25, 0.3) is 5.91 Å². The molecule has 178 valence electrons. The summed E-state index contributed by atoms with van der Waals surface area (Å²) in [7, 11) is 1.80. The van der Waals surface area contributed by atoms with E-state index in [1.54, 1.807) is 30.2 Å². The van der Waals surface area contributed by atoms with Gasteiger partial charge in [-0.15, -0.1) is 0 Å². The highest BCUT2D eigenvalue weighted by Gasteiger charge is 2.26. The summed E-state index contributed by atoms with van der Waals surface area (Å²) in [5, 5.41) is 15.8. The maximum absolute atomic E-state index is 14.6. The predicted molar refractivity (Wildman–Crippen MR) is 124 cm³/mol. The lowest BCUT2D eigenvalue weighted by Crippen LogP contribution is -2.42. The molecule has 1 aliphatic carbocycles. The Bertz CT molecular complexity index is 1450. The number of nitrogens with zero attached hydrogens (tertiary/aromatic N) is 5. The first-order valence-corrected chi connectivity index (χ1v) is 11.2. The Hall–Kier alpha value is -4.33. The third kappa shape index (κ3) is 4.55. The zero-order valence-corrected chi connectivity index (χ0v) is 18.8. The van der Waals surface area contributed by atoms with E-state index in [9.17, 15) is 18.8 Å². The number of aryl methyl sites for hydroxylation is 1. The number of fused-ring (bicyclic) bond motifs is 1. The molecule has 35 heavy (non-hydrogen) atoms. The fraction of sp³-hybridized carbons (Fsp3) is 0.292. The SMILES string of the molecule is Cn1cnc(C(=O)N[C@@H]2CCC[C@H](Nc3nc(-c4c[nH]c5c(F)cc(C#N)cc45)ncc3F)C2)c1. The van der Waals surface area contributed by atoms with Crippen LogP contribution in [0, 0.1) is 23.0 Å². The third-order valence-corrected chi connectivity index (χ3v) is 6.14. The molecule has 0 unspecified atom stereocenters. The largest absolute Gasteiger partial charge is 0.365 e. The molecule has 1 aromatic carbocycles. The van der Waals surface area contributed by atoms with Crippen LogP contribution in [0.1, 0.15) is 41.7 Å². The number of carbonyl (C=O) groups excluding carboxylic acids is 1. The van der Waals surface area contributed by atoms with Crippen molar-refractivity contribution in [3.8, 4) is 17.5 Å². The van der Waals surface area contributed by atoms with Crippen molar-refractivity contribution < 1.29 is 13.6 Å². The Kier molecular flexibility index (Phi) is 5.86. The molecule has 1 aliphatic rings. The molecular weight excluding hydrogens is 454 g/mol. The van der Waals surface area contributed by atoms with Crippen molar-refractivity contribution in [3.05, 3.63) is 59.9 Å². The number of imidazole rings is 1. The van der Waals surface area contributed by atoms with Crippen LogP contribution < -0.4 is 10.6 Å². The number of amides is 1. The topological polar surface area (TPSA) is 124 Å². The van der Waals surface area contributed by atoms with Gasteiger partial charge in [-0.25, -0.2) is 23.7 Å². The van der Waals surface area contributed by atoms with E-state index < -0.39 is 11.6 Å². The van der Waals surface area contributed by atoms with Crippen molar-refractivity contribution in [2.75, 3.05) is 5.32 Å². The highest BCUT2D eigenvalue weighted by molar-refractivity contribution is 5.95. The molecule has 1 fully saturated rings. The molecule has 4 aromatic rings. The van der Waals surface area contributed by atoms with Crippen molar-refractivity contribution in [1.82, 2.24) is 29.8 Å². The first-order chi connectivity index (χ1) is 16.9. The number of H-pyrrole nitrogens is 1. The summed E-state index contributed by atoms with van der Waals surface area (Å²) >= 11 is 0. The van der Waals surface area contributed by atoms with Crippen LogP contribution in [-0.4, -0.2) is 42.5 Å². The predicted octanol–water partition coefficient (Wildman–Crippen LogP) is 3.66. The highest BCUT2D eigenvalue weighted by Crippen LogP contribution is 2.30. The van der Waals surface area contributed by atoms with Gasteiger partial charge in [0, 0.05) is 42.5 Å². The molecule has 3 N–H and O–H groups in total. The van der Waals surface area contributed by atoms with Crippen LogP contribution in [0.15, 0.2) is 37.1 Å². The summed E-state index contributed by atoms with van der Waals surface area (Å²) in [4.78, 5) is 27.8. The standard InChI is InChI=1S/C24H22F2N8O/c1-34-11-20(30-12-34)24(35)32-15-4-2-3-14(7-15)31-23-19(26)10-29-22(33-23)17-9-28-21-16(17)5-13(8-27)6-18(21)25/h5-6,9-12,14-15,28H,2-4,7H2,1H3,(H,32,35)(H,29,31,33)/t14-,15+/m0/s1. The minimum Gasteiger partial charge on any atom is -0.365 e. The number of aromatic nitrogens is 5. The van der Waals surface area contributed by atoms with Crippen LogP contribution in [0.5, 0.6) is 0 Å². The van der Waals surface area contributed by atoms with Crippen LogP contribution >= 0.6 is 0 Å². The van der Waals surface area contributed by atoms with Crippen LogP contribution in [0.2, 0.25) is 0 Å². The lowest BCUT2D eigenvalue weighted by molar-refractivity contribution is 0.0921. The van der Waals surface area contributed by atoms with Crippen LogP contribution in [0.4, 0.5) is 14.6 Å². The van der Waals surface area contributed by atoms with Gasteiger partial charge in [0.2, 0.25) is 0 Å². The average molecular weight is 476 g/mol. The number of halogens is 2. The summed E-state index contributed by atoms with van der Waals surface area (Å²) < 4.78 is 30.6. The first-order valence-electron chi connectivity index (χ1n) is 11.2. The number of nitrogens with one attached hydrogen (secondary N) is 3. The van der Waals surface area contributed by atoms with E-state index in [0.29, 0.717) is 23.1 Å². The van der Waals surface area contributed by atoms with E-state index in [1.165, 1.54) is 6.20 Å². The monoisotopic (exact) mass is 476 g/mol. The number of hydrogen-bond acceptors (Lipinski definition) is 6. The molecule has 0 aliphatic heterocycles. The van der Waals surface area contributed by atoms with Gasteiger partial charge in [-0.2, -0.15) is 5.26 Å². The normalized spacial score (nSPS) is 17.8. The summed E-state index contributed by atoms with van der Waals surface area (Å²) in [6.45, 7) is 0. The highest BCUT2D eigenvalue weighted by atomic mass is 19.1. The second-order valence-electron chi connectivity index (χ2n) is 8.69. The molecule has 2 atom stereocenters. The molecule has 9 nitrogen and oxygen atoms in total. The Balaban J connectivity index is 1.34. The number of anilines is 1. The van der Waals surface area contributed by atoms with Crippen LogP contribution in [0.3, 0.4) is 0 Å². The summed E-state index contributed by atoms with van der Waals surface area (Å²) in [6, 6.07) is 4.43. The minimum absolute atomic E-state index is 0.0305. The van der Waals surface area contributed by atoms with Crippen molar-refractivity contribution in [2.24, 2.45) is 7.05 Å². The number of nitriles is 1. The van der Waals surface area contributed by atoms with Crippen molar-refractivity contribution in [2.45, 2.75) is 37.8 Å². The van der Waals surface area contributed by atoms with E-state index in [1.807, 2.05) is 6.07 Å². The lowest BCUT2D eigenvalue weighted by Gasteiger charge is -2.30. The molecule has 11 heteroatoms. The van der Waals surface area contributed by atoms with Gasteiger partial charge >= 0.3 is 0 Å². The summed E-state index contributed by atoms with van der Waals surface area (Å²) in [5.74, 6) is -1.19. The Labute approximate surface area is 199 Å². The van der Waals surface area contributed by atoms with E-state index in [4.69, 9.17) is 0 Å². The molecule has 0 radical (unpaired) electrons. The molecule has 3 aromatic heterocycles. The molecule has 0 saturated heterocycles. The van der Waals surface area contributed by atoms with Gasteiger partial charge in [0.1, 0.15) is 11.5 Å². The molecule has 1 saturated carbocycles. The van der Waals surface area contributed by atoms with Gasteiger partial charge < -0.3 is 20.2 Å². The van der Waals surface area contributed by atoms with Gasteiger partial charge in [0.15, 0.2) is 17.5 Å². The number of hydrogen-bond donors (Lipinski definition) is 3. The molecular formula is C24H22F2N8O. The second-order valence-corrected chi connectivity index (χ2v) is 8.69. The van der Waals surface area contributed by atoms with E-state index >= 15 is 0 Å². The fourth-order valence-corrected chi connectivity index (χ4v) is 4.47. The van der Waals surface area contributed by atoms with E-state index in [0.717, 1.165) is 31.5 Å². The van der Waals surface area contributed by atoms with Crippen molar-refractivity contribution in [1.29, 1.82) is 5.26 Å². The fourth-order valence-electron chi connectivity index (χ4n) is 4.47. The van der Waals surface area contributed by atoms with Crippen LogP contribution in [0.25, 0.3) is 22.3 Å². The molecule has 5 rings (SSSR count). The quantitative estimate of drug-likeness (QED) is 0.404. The first kappa shape index (κ1) is 22.5. The zero-order valence-electron chi connectivity index (χ0n) is 18.8. The summed E-state index contributed by atoms with van der Waals surface area (Å²) in [6.07, 6.45) is 8.88. The second kappa shape index (κ2) is 9.13. The molecule has 0 spiro atoms. The number of aromatic amines is 1. The molecule has 3 heterocycles. The Morgan fingerprint density at radius 2 is 2.06 bits per heavy atom. The minimum atomic E-state index is -0.614. The lowest BCUT2D eigenvalue weighted by atomic mass is 9.91. The number of carbonyl (C=O) groups is 1. The summed E-state index contributed by atoms with van der Waals surface area (Å²) in [5.41, 5.74) is 1.20. The zero-order chi connectivity index (χ0) is 24.5. The van der Waals surface area contributed by atoms with Crippen molar-refractivity contribution in [3.63, 3.8) is 0 Å². The van der Waals surface area contributed by atoms with E-state index in [-0.39, 0.29) is 40.7 Å². The number of benzene rings is 1. The molecule has 0 bridgehead atoms. The van der Waals surface area contributed by atoms with Gasteiger partial charge in [0.05, 0.1) is 29.7 Å². The van der Waals surface area contributed by atoms with E-state index in [2.05, 4.69) is 30.6 Å². The Morgan fingerprint density at radius 1 is 1.23 bits per heavy atom.